The van der Waals surface area contributed by atoms with Crippen LogP contribution in [0.3, 0.4) is 0 Å². The summed E-state index contributed by atoms with van der Waals surface area (Å²) >= 11 is 0. The van der Waals surface area contributed by atoms with Crippen LogP contribution in [0.15, 0.2) is 22.9 Å². The number of hydrazine groups is 1. The van der Waals surface area contributed by atoms with Crippen LogP contribution in [0, 0.1) is 13.8 Å². The normalized spacial score (nSPS) is 12.9. The minimum absolute atomic E-state index is 0.0964. The molecule has 2 heterocycles. The van der Waals surface area contributed by atoms with E-state index in [0.717, 1.165) is 35.7 Å². The first-order valence-electron chi connectivity index (χ1n) is 6.11. The second-order valence-corrected chi connectivity index (χ2v) is 4.58. The number of hydrogen-bond acceptors (Lipinski definition) is 4. The average molecular weight is 248 g/mol. The molecular weight excluding hydrogens is 228 g/mol. The molecule has 98 valence electrons. The van der Waals surface area contributed by atoms with Gasteiger partial charge in [-0.15, -0.1) is 0 Å². The lowest BCUT2D eigenvalue weighted by atomic mass is 10.0. The maximum absolute atomic E-state index is 5.64. The van der Waals surface area contributed by atoms with Gasteiger partial charge in [-0.1, -0.05) is 0 Å². The van der Waals surface area contributed by atoms with Gasteiger partial charge in [0.15, 0.2) is 0 Å². The van der Waals surface area contributed by atoms with Crippen molar-refractivity contribution in [3.8, 4) is 0 Å². The summed E-state index contributed by atoms with van der Waals surface area (Å²) in [6.45, 7) is 3.91. The van der Waals surface area contributed by atoms with Crippen LogP contribution in [0.1, 0.15) is 35.4 Å². The number of rotatable bonds is 5. The molecule has 18 heavy (non-hydrogen) atoms. The molecule has 0 aliphatic carbocycles. The van der Waals surface area contributed by atoms with Crippen LogP contribution in [0.5, 0.6) is 0 Å². The highest BCUT2D eigenvalue weighted by atomic mass is 16.3. The quantitative estimate of drug-likeness (QED) is 0.625. The standard InChI is InChI=1S/C13H20N4O/c1-9-8-11(10(2)18-9)12(16-14)4-5-13-15-6-7-17(13)3/h6-8,12,16H,4-5,14H2,1-3H3. The molecule has 1 unspecified atom stereocenters. The second-order valence-electron chi connectivity index (χ2n) is 4.58. The Hall–Kier alpha value is -1.59. The van der Waals surface area contributed by atoms with Gasteiger partial charge in [-0.05, 0) is 26.3 Å². The van der Waals surface area contributed by atoms with Crippen LogP contribution in [0.4, 0.5) is 0 Å². The smallest absolute Gasteiger partial charge is 0.108 e. The molecule has 0 radical (unpaired) electrons. The summed E-state index contributed by atoms with van der Waals surface area (Å²) in [5.41, 5.74) is 3.99. The van der Waals surface area contributed by atoms with Gasteiger partial charge in [0, 0.05) is 37.5 Å². The van der Waals surface area contributed by atoms with E-state index in [4.69, 9.17) is 10.3 Å². The number of nitrogens with one attached hydrogen (secondary N) is 1. The Kier molecular flexibility index (Phi) is 3.84. The maximum Gasteiger partial charge on any atom is 0.108 e. The van der Waals surface area contributed by atoms with Crippen molar-refractivity contribution in [2.24, 2.45) is 12.9 Å². The summed E-state index contributed by atoms with van der Waals surface area (Å²) in [7, 11) is 2.00. The average Bonchev–Trinajstić information content (AvgIpc) is 2.87. The zero-order chi connectivity index (χ0) is 13.1. The third kappa shape index (κ3) is 2.63. The monoisotopic (exact) mass is 248 g/mol. The zero-order valence-corrected chi connectivity index (χ0v) is 11.1. The van der Waals surface area contributed by atoms with Crippen LogP contribution >= 0.6 is 0 Å². The molecule has 0 aliphatic rings. The number of nitrogens with two attached hydrogens (primary N) is 1. The number of aromatic nitrogens is 2. The van der Waals surface area contributed by atoms with Crippen LogP contribution in [0.2, 0.25) is 0 Å². The fourth-order valence-electron chi connectivity index (χ4n) is 2.24. The Morgan fingerprint density at radius 3 is 2.78 bits per heavy atom. The highest BCUT2D eigenvalue weighted by Gasteiger charge is 2.16. The van der Waals surface area contributed by atoms with Gasteiger partial charge in [0.2, 0.25) is 0 Å². The van der Waals surface area contributed by atoms with E-state index in [2.05, 4.69) is 10.4 Å². The summed E-state index contributed by atoms with van der Waals surface area (Å²) in [5, 5.41) is 0. The van der Waals surface area contributed by atoms with E-state index in [-0.39, 0.29) is 6.04 Å². The first kappa shape index (κ1) is 12.9. The van der Waals surface area contributed by atoms with Gasteiger partial charge in [-0.25, -0.2) is 4.98 Å². The molecule has 2 aromatic rings. The van der Waals surface area contributed by atoms with Crippen molar-refractivity contribution in [2.75, 3.05) is 0 Å². The molecule has 0 spiro atoms. The predicted octanol–water partition coefficient (Wildman–Crippen LogP) is 1.77. The molecule has 2 rings (SSSR count). The molecule has 0 saturated heterocycles. The number of aryl methyl sites for hydroxylation is 4. The Balaban J connectivity index is 2.06. The van der Waals surface area contributed by atoms with E-state index in [0.29, 0.717) is 0 Å². The molecule has 0 aliphatic heterocycles. The Bertz CT molecular complexity index is 515. The fraction of sp³-hybridized carbons (Fsp3) is 0.462. The van der Waals surface area contributed by atoms with Crippen molar-refractivity contribution < 1.29 is 4.42 Å². The first-order chi connectivity index (χ1) is 8.61. The van der Waals surface area contributed by atoms with Crippen molar-refractivity contribution >= 4 is 0 Å². The van der Waals surface area contributed by atoms with E-state index in [1.54, 1.807) is 0 Å². The van der Waals surface area contributed by atoms with Gasteiger partial charge >= 0.3 is 0 Å². The first-order valence-corrected chi connectivity index (χ1v) is 6.11. The molecular formula is C13H20N4O. The van der Waals surface area contributed by atoms with Crippen LogP contribution in [0.25, 0.3) is 0 Å². The van der Waals surface area contributed by atoms with E-state index in [1.807, 2.05) is 43.9 Å². The molecule has 0 fully saturated rings. The Labute approximate surface area is 107 Å². The van der Waals surface area contributed by atoms with E-state index >= 15 is 0 Å². The Morgan fingerprint density at radius 1 is 1.50 bits per heavy atom. The Morgan fingerprint density at radius 2 is 2.28 bits per heavy atom. The van der Waals surface area contributed by atoms with Gasteiger partial charge < -0.3 is 8.98 Å². The fourth-order valence-corrected chi connectivity index (χ4v) is 2.24. The lowest BCUT2D eigenvalue weighted by molar-refractivity contribution is 0.471. The SMILES string of the molecule is Cc1cc(C(CCc2nccn2C)NN)c(C)o1. The summed E-state index contributed by atoms with van der Waals surface area (Å²) in [6, 6.07) is 2.14. The van der Waals surface area contributed by atoms with Crippen molar-refractivity contribution in [2.45, 2.75) is 32.7 Å². The zero-order valence-electron chi connectivity index (χ0n) is 11.1. The summed E-state index contributed by atoms with van der Waals surface area (Å²) in [4.78, 5) is 4.31. The van der Waals surface area contributed by atoms with Gasteiger partial charge in [0.1, 0.15) is 17.3 Å². The molecule has 0 amide bonds. The summed E-state index contributed by atoms with van der Waals surface area (Å²) < 4.78 is 7.57. The van der Waals surface area contributed by atoms with E-state index < -0.39 is 0 Å². The third-order valence-electron chi connectivity index (χ3n) is 3.23. The molecule has 5 heteroatoms. The lowest BCUT2D eigenvalue weighted by Gasteiger charge is -2.14. The highest BCUT2D eigenvalue weighted by Crippen LogP contribution is 2.24. The van der Waals surface area contributed by atoms with Gasteiger partial charge in [0.25, 0.3) is 0 Å². The molecule has 0 aromatic carbocycles. The van der Waals surface area contributed by atoms with Crippen molar-refractivity contribution in [3.05, 3.63) is 41.4 Å². The van der Waals surface area contributed by atoms with Crippen molar-refractivity contribution in [3.63, 3.8) is 0 Å². The topological polar surface area (TPSA) is 69.0 Å². The van der Waals surface area contributed by atoms with E-state index in [1.165, 1.54) is 0 Å². The van der Waals surface area contributed by atoms with Crippen molar-refractivity contribution in [1.82, 2.24) is 15.0 Å². The van der Waals surface area contributed by atoms with Crippen LogP contribution < -0.4 is 11.3 Å². The number of nitrogens with zero attached hydrogens (tertiary/aromatic N) is 2. The van der Waals surface area contributed by atoms with Gasteiger partial charge in [-0.3, -0.25) is 11.3 Å². The lowest BCUT2D eigenvalue weighted by Crippen LogP contribution is -2.28. The van der Waals surface area contributed by atoms with Crippen molar-refractivity contribution in [1.29, 1.82) is 0 Å². The third-order valence-corrected chi connectivity index (χ3v) is 3.23. The molecule has 3 N–H and O–H groups in total. The number of imidazole rings is 1. The molecule has 0 bridgehead atoms. The maximum atomic E-state index is 5.64. The second kappa shape index (κ2) is 5.37. The summed E-state index contributed by atoms with van der Waals surface area (Å²) in [5.74, 6) is 8.55. The summed E-state index contributed by atoms with van der Waals surface area (Å²) in [6.07, 6.45) is 5.53. The highest BCUT2D eigenvalue weighted by molar-refractivity contribution is 5.24. The largest absolute Gasteiger partial charge is 0.466 e. The van der Waals surface area contributed by atoms with Gasteiger partial charge in [-0.2, -0.15) is 0 Å². The van der Waals surface area contributed by atoms with Gasteiger partial charge in [0.05, 0.1) is 0 Å². The molecule has 1 atom stereocenters. The van der Waals surface area contributed by atoms with E-state index in [9.17, 15) is 0 Å². The molecule has 2 aromatic heterocycles. The van der Waals surface area contributed by atoms with Crippen LogP contribution in [-0.2, 0) is 13.5 Å². The predicted molar refractivity (Wildman–Crippen MR) is 69.8 cm³/mol. The minimum atomic E-state index is 0.0964. The molecule has 5 nitrogen and oxygen atoms in total. The number of hydrogen-bond donors (Lipinski definition) is 2. The van der Waals surface area contributed by atoms with Crippen LogP contribution in [-0.4, -0.2) is 9.55 Å². The number of furan rings is 1. The minimum Gasteiger partial charge on any atom is -0.466 e. The molecule has 0 saturated carbocycles.